The van der Waals surface area contributed by atoms with Gasteiger partial charge < -0.3 is 10.8 Å². The first-order valence-electron chi connectivity index (χ1n) is 6.22. The van der Waals surface area contributed by atoms with Gasteiger partial charge in [-0.1, -0.05) is 26.8 Å². The Morgan fingerprint density at radius 2 is 2.12 bits per heavy atom. The summed E-state index contributed by atoms with van der Waals surface area (Å²) in [7, 11) is 0. The van der Waals surface area contributed by atoms with Gasteiger partial charge in [0.25, 0.3) is 0 Å². The van der Waals surface area contributed by atoms with E-state index in [9.17, 15) is 5.11 Å². The Hall–Kier alpha value is -0.930. The minimum absolute atomic E-state index is 0.00829. The average Bonchev–Trinajstić information content (AvgIpc) is 2.28. The largest absolute Gasteiger partial charge is 0.392 e. The number of nitrogens with two attached hydrogens (primary N) is 1. The van der Waals surface area contributed by atoms with Crippen molar-refractivity contribution in [3.05, 3.63) is 30.1 Å². The first-order chi connectivity index (χ1) is 7.94. The molecule has 0 aromatic carbocycles. The van der Waals surface area contributed by atoms with Gasteiger partial charge in [0.1, 0.15) is 0 Å². The molecular weight excluding hydrogens is 212 g/mol. The predicted molar refractivity (Wildman–Crippen MR) is 70.7 cm³/mol. The summed E-state index contributed by atoms with van der Waals surface area (Å²) in [6, 6.07) is 3.86. The van der Waals surface area contributed by atoms with E-state index in [1.165, 1.54) is 0 Å². The molecule has 0 aliphatic rings. The van der Waals surface area contributed by atoms with Gasteiger partial charge in [0.15, 0.2) is 0 Å². The maximum Gasteiger partial charge on any atom is 0.0621 e. The smallest absolute Gasteiger partial charge is 0.0621 e. The van der Waals surface area contributed by atoms with E-state index in [1.807, 2.05) is 12.1 Å². The van der Waals surface area contributed by atoms with Gasteiger partial charge >= 0.3 is 0 Å². The molecule has 17 heavy (non-hydrogen) atoms. The van der Waals surface area contributed by atoms with E-state index in [-0.39, 0.29) is 17.4 Å². The summed E-state index contributed by atoms with van der Waals surface area (Å²) in [5, 5.41) is 10.2. The second-order valence-electron chi connectivity index (χ2n) is 5.80. The lowest BCUT2D eigenvalue weighted by molar-refractivity contribution is 0.119. The molecule has 0 bridgehead atoms. The molecule has 96 valence electrons. The Balaban J connectivity index is 2.62. The van der Waals surface area contributed by atoms with Crippen molar-refractivity contribution in [3.8, 4) is 0 Å². The number of aromatic nitrogens is 1. The lowest BCUT2D eigenvalue weighted by atomic mass is 9.85. The van der Waals surface area contributed by atoms with Crippen LogP contribution in [0.3, 0.4) is 0 Å². The van der Waals surface area contributed by atoms with Crippen LogP contribution in [0.5, 0.6) is 0 Å². The fraction of sp³-hybridized carbons (Fsp3) is 0.643. The molecule has 1 heterocycles. The van der Waals surface area contributed by atoms with Gasteiger partial charge in [0, 0.05) is 24.9 Å². The molecule has 3 heteroatoms. The van der Waals surface area contributed by atoms with Gasteiger partial charge in [-0.2, -0.15) is 0 Å². The fourth-order valence-corrected chi connectivity index (χ4v) is 1.89. The quantitative estimate of drug-likeness (QED) is 0.824. The third kappa shape index (κ3) is 4.84. The molecule has 2 atom stereocenters. The van der Waals surface area contributed by atoms with Gasteiger partial charge in [0.05, 0.1) is 6.10 Å². The van der Waals surface area contributed by atoms with Gasteiger partial charge in [-0.05, 0) is 29.9 Å². The summed E-state index contributed by atoms with van der Waals surface area (Å²) in [5.41, 5.74) is 7.03. The van der Waals surface area contributed by atoms with Crippen LogP contribution in [-0.4, -0.2) is 22.7 Å². The van der Waals surface area contributed by atoms with Crippen molar-refractivity contribution >= 4 is 0 Å². The number of pyridine rings is 1. The Morgan fingerprint density at radius 3 is 2.59 bits per heavy atom. The minimum Gasteiger partial charge on any atom is -0.392 e. The molecule has 2 unspecified atom stereocenters. The summed E-state index contributed by atoms with van der Waals surface area (Å²) in [5.74, 6) is -0.00829. The molecule has 0 saturated carbocycles. The molecule has 3 nitrogen and oxygen atoms in total. The van der Waals surface area contributed by atoms with Gasteiger partial charge in [-0.25, -0.2) is 0 Å². The van der Waals surface area contributed by atoms with E-state index in [1.54, 1.807) is 12.4 Å². The normalized spacial score (nSPS) is 15.6. The topological polar surface area (TPSA) is 59.1 Å². The monoisotopic (exact) mass is 236 g/mol. The van der Waals surface area contributed by atoms with E-state index in [4.69, 9.17) is 5.73 Å². The van der Waals surface area contributed by atoms with E-state index in [2.05, 4.69) is 25.8 Å². The molecule has 1 aromatic heterocycles. The molecule has 0 aliphatic heterocycles. The van der Waals surface area contributed by atoms with Crippen LogP contribution < -0.4 is 5.73 Å². The number of nitrogens with zero attached hydrogens (tertiary/aromatic N) is 1. The van der Waals surface area contributed by atoms with Crippen LogP contribution in [-0.2, 0) is 0 Å². The third-order valence-electron chi connectivity index (χ3n) is 3.02. The molecule has 0 amide bonds. The molecule has 0 fully saturated rings. The second-order valence-corrected chi connectivity index (χ2v) is 5.80. The van der Waals surface area contributed by atoms with Crippen LogP contribution >= 0.6 is 0 Å². The summed E-state index contributed by atoms with van der Waals surface area (Å²) in [4.78, 5) is 4.08. The van der Waals surface area contributed by atoms with Crippen LogP contribution in [0.15, 0.2) is 24.5 Å². The first kappa shape index (κ1) is 14.1. The summed E-state index contributed by atoms with van der Waals surface area (Å²) < 4.78 is 0. The lowest BCUT2D eigenvalue weighted by Crippen LogP contribution is -2.27. The zero-order valence-corrected chi connectivity index (χ0v) is 11.1. The van der Waals surface area contributed by atoms with Crippen molar-refractivity contribution in [1.82, 2.24) is 4.98 Å². The second kappa shape index (κ2) is 6.12. The van der Waals surface area contributed by atoms with Crippen molar-refractivity contribution in [1.29, 1.82) is 0 Å². The lowest BCUT2D eigenvalue weighted by Gasteiger charge is -2.25. The summed E-state index contributed by atoms with van der Waals surface area (Å²) in [6.45, 7) is 7.00. The highest BCUT2D eigenvalue weighted by atomic mass is 16.3. The van der Waals surface area contributed by atoms with Crippen LogP contribution in [0, 0.1) is 5.41 Å². The highest BCUT2D eigenvalue weighted by Crippen LogP contribution is 2.27. The van der Waals surface area contributed by atoms with E-state index in [0.29, 0.717) is 6.54 Å². The SMILES string of the molecule is CC(C)(C)CCC(O)C(CN)c1cccnc1. The van der Waals surface area contributed by atoms with Crippen LogP contribution in [0.1, 0.15) is 45.1 Å². The molecule has 0 aliphatic carbocycles. The molecule has 1 rings (SSSR count). The Kier molecular flexibility index (Phi) is 5.09. The average molecular weight is 236 g/mol. The zero-order valence-electron chi connectivity index (χ0n) is 11.1. The molecule has 3 N–H and O–H groups in total. The number of aliphatic hydroxyl groups is 1. The van der Waals surface area contributed by atoms with Crippen molar-refractivity contribution in [2.24, 2.45) is 11.1 Å². The highest BCUT2D eigenvalue weighted by Gasteiger charge is 2.22. The Labute approximate surface area is 104 Å². The van der Waals surface area contributed by atoms with Crippen LogP contribution in [0.2, 0.25) is 0 Å². The van der Waals surface area contributed by atoms with E-state index >= 15 is 0 Å². The molecule has 0 spiro atoms. The maximum atomic E-state index is 10.2. The van der Waals surface area contributed by atoms with E-state index < -0.39 is 0 Å². The standard InChI is InChI=1S/C14H24N2O/c1-14(2,3)7-6-13(17)12(9-15)11-5-4-8-16-10-11/h4-5,8,10,12-13,17H,6-7,9,15H2,1-3H3. The zero-order chi connectivity index (χ0) is 12.9. The number of rotatable bonds is 5. The maximum absolute atomic E-state index is 10.2. The summed E-state index contributed by atoms with van der Waals surface area (Å²) >= 11 is 0. The number of aliphatic hydroxyl groups excluding tert-OH is 1. The van der Waals surface area contributed by atoms with Gasteiger partial charge in [0.2, 0.25) is 0 Å². The molecule has 0 radical (unpaired) electrons. The van der Waals surface area contributed by atoms with Gasteiger partial charge in [-0.3, -0.25) is 4.98 Å². The van der Waals surface area contributed by atoms with Crippen LogP contribution in [0.25, 0.3) is 0 Å². The number of hydrogen-bond donors (Lipinski definition) is 2. The fourth-order valence-electron chi connectivity index (χ4n) is 1.89. The van der Waals surface area contributed by atoms with Crippen molar-refractivity contribution in [2.75, 3.05) is 6.54 Å². The first-order valence-corrected chi connectivity index (χ1v) is 6.22. The molecule has 0 saturated heterocycles. The summed E-state index contributed by atoms with van der Waals surface area (Å²) in [6.07, 6.45) is 4.91. The van der Waals surface area contributed by atoms with Gasteiger partial charge in [-0.15, -0.1) is 0 Å². The van der Waals surface area contributed by atoms with E-state index in [0.717, 1.165) is 18.4 Å². The molecular formula is C14H24N2O. The van der Waals surface area contributed by atoms with Crippen molar-refractivity contribution < 1.29 is 5.11 Å². The van der Waals surface area contributed by atoms with Crippen molar-refractivity contribution in [2.45, 2.75) is 45.6 Å². The van der Waals surface area contributed by atoms with Crippen molar-refractivity contribution in [3.63, 3.8) is 0 Å². The Morgan fingerprint density at radius 1 is 1.41 bits per heavy atom. The predicted octanol–water partition coefficient (Wildman–Crippen LogP) is 2.31. The Bertz CT molecular complexity index is 319. The molecule has 1 aromatic rings. The minimum atomic E-state index is -0.386. The van der Waals surface area contributed by atoms with Crippen LogP contribution in [0.4, 0.5) is 0 Å². The highest BCUT2D eigenvalue weighted by molar-refractivity contribution is 5.16. The third-order valence-corrected chi connectivity index (χ3v) is 3.02. The number of hydrogen-bond acceptors (Lipinski definition) is 3.